The summed E-state index contributed by atoms with van der Waals surface area (Å²) in [6.07, 6.45) is 4.96. The summed E-state index contributed by atoms with van der Waals surface area (Å²) in [5.41, 5.74) is 5.25. The van der Waals surface area contributed by atoms with E-state index in [2.05, 4.69) is 10.6 Å². The van der Waals surface area contributed by atoms with Gasteiger partial charge in [0.15, 0.2) is 0 Å². The summed E-state index contributed by atoms with van der Waals surface area (Å²) in [4.78, 5) is 10.9. The summed E-state index contributed by atoms with van der Waals surface area (Å²) in [6.45, 7) is 0.691. The van der Waals surface area contributed by atoms with E-state index in [1.54, 1.807) is 0 Å². The molecule has 1 aliphatic heterocycles. The average Bonchev–Trinajstić information content (AvgIpc) is 2.17. The summed E-state index contributed by atoms with van der Waals surface area (Å²) in [7, 11) is 0. The molecule has 74 valence electrons. The van der Waals surface area contributed by atoms with E-state index in [0.29, 0.717) is 18.6 Å². The molecule has 0 radical (unpaired) electrons. The SMILES string of the molecule is NC(=O)C1CNC2CCCCC2N1. The Kier molecular flexibility index (Phi) is 2.51. The largest absolute Gasteiger partial charge is 0.368 e. The molecule has 4 N–H and O–H groups in total. The Balaban J connectivity index is 1.95. The van der Waals surface area contributed by atoms with Crippen LogP contribution in [0.3, 0.4) is 0 Å². The maximum atomic E-state index is 10.9. The number of carbonyl (C=O) groups is 1. The molecule has 1 aliphatic carbocycles. The zero-order valence-corrected chi connectivity index (χ0v) is 7.75. The summed E-state index contributed by atoms with van der Waals surface area (Å²) >= 11 is 0. The van der Waals surface area contributed by atoms with Crippen LogP contribution in [0.25, 0.3) is 0 Å². The van der Waals surface area contributed by atoms with Crippen molar-refractivity contribution in [2.24, 2.45) is 5.73 Å². The van der Waals surface area contributed by atoms with Gasteiger partial charge in [0.1, 0.15) is 0 Å². The fourth-order valence-electron chi connectivity index (χ4n) is 2.34. The summed E-state index contributed by atoms with van der Waals surface area (Å²) in [5, 5.41) is 6.71. The van der Waals surface area contributed by atoms with Gasteiger partial charge in [-0.3, -0.25) is 4.79 Å². The van der Waals surface area contributed by atoms with Gasteiger partial charge >= 0.3 is 0 Å². The summed E-state index contributed by atoms with van der Waals surface area (Å²) < 4.78 is 0. The first kappa shape index (κ1) is 8.97. The Labute approximate surface area is 78.2 Å². The van der Waals surface area contributed by atoms with Crippen molar-refractivity contribution in [3.63, 3.8) is 0 Å². The van der Waals surface area contributed by atoms with Gasteiger partial charge in [0.05, 0.1) is 6.04 Å². The Morgan fingerprint density at radius 1 is 1.23 bits per heavy atom. The molecule has 3 atom stereocenters. The molecule has 0 aromatic rings. The van der Waals surface area contributed by atoms with Crippen molar-refractivity contribution >= 4 is 5.91 Å². The van der Waals surface area contributed by atoms with Gasteiger partial charge in [0, 0.05) is 18.6 Å². The fraction of sp³-hybridized carbons (Fsp3) is 0.889. The first-order valence-corrected chi connectivity index (χ1v) is 5.06. The van der Waals surface area contributed by atoms with Crippen LogP contribution in [0.1, 0.15) is 25.7 Å². The highest BCUT2D eigenvalue weighted by atomic mass is 16.1. The average molecular weight is 183 g/mol. The standard InChI is InChI=1S/C9H17N3O/c10-9(13)8-5-11-6-3-1-2-4-7(6)12-8/h6-8,11-12H,1-5H2,(H2,10,13). The monoisotopic (exact) mass is 183 g/mol. The van der Waals surface area contributed by atoms with E-state index in [1.807, 2.05) is 0 Å². The lowest BCUT2D eigenvalue weighted by atomic mass is 9.88. The number of hydrogen-bond donors (Lipinski definition) is 3. The zero-order valence-electron chi connectivity index (χ0n) is 7.75. The van der Waals surface area contributed by atoms with Gasteiger partial charge in [-0.25, -0.2) is 0 Å². The van der Waals surface area contributed by atoms with Crippen LogP contribution in [0.2, 0.25) is 0 Å². The van der Waals surface area contributed by atoms with E-state index in [1.165, 1.54) is 25.7 Å². The van der Waals surface area contributed by atoms with Crippen LogP contribution >= 0.6 is 0 Å². The molecule has 3 unspecified atom stereocenters. The molecule has 0 aromatic heterocycles. The fourth-order valence-corrected chi connectivity index (χ4v) is 2.34. The highest BCUT2D eigenvalue weighted by Crippen LogP contribution is 2.20. The smallest absolute Gasteiger partial charge is 0.235 e. The molecule has 0 spiro atoms. The van der Waals surface area contributed by atoms with Gasteiger partial charge in [-0.2, -0.15) is 0 Å². The Bertz CT molecular complexity index is 207. The molecule has 4 heteroatoms. The minimum absolute atomic E-state index is 0.167. The van der Waals surface area contributed by atoms with Crippen molar-refractivity contribution in [2.75, 3.05) is 6.54 Å². The van der Waals surface area contributed by atoms with Crippen LogP contribution in [0.4, 0.5) is 0 Å². The molecule has 0 bridgehead atoms. The van der Waals surface area contributed by atoms with Crippen molar-refractivity contribution in [3.05, 3.63) is 0 Å². The lowest BCUT2D eigenvalue weighted by Crippen LogP contribution is -2.64. The maximum absolute atomic E-state index is 10.9. The lowest BCUT2D eigenvalue weighted by Gasteiger charge is -2.40. The van der Waals surface area contributed by atoms with Crippen molar-refractivity contribution in [3.8, 4) is 0 Å². The number of nitrogens with two attached hydrogens (primary N) is 1. The number of carbonyl (C=O) groups excluding carboxylic acids is 1. The van der Waals surface area contributed by atoms with Crippen molar-refractivity contribution in [2.45, 2.75) is 43.8 Å². The molecule has 2 rings (SSSR count). The molecule has 1 amide bonds. The van der Waals surface area contributed by atoms with Crippen LogP contribution in [0.15, 0.2) is 0 Å². The highest BCUT2D eigenvalue weighted by Gasteiger charge is 2.32. The molecule has 13 heavy (non-hydrogen) atoms. The van der Waals surface area contributed by atoms with Gasteiger partial charge in [-0.05, 0) is 12.8 Å². The summed E-state index contributed by atoms with van der Waals surface area (Å²) in [5.74, 6) is -0.239. The Morgan fingerprint density at radius 3 is 2.62 bits per heavy atom. The molecule has 1 heterocycles. The number of fused-ring (bicyclic) bond motifs is 1. The van der Waals surface area contributed by atoms with Crippen LogP contribution in [-0.2, 0) is 4.79 Å². The third-order valence-electron chi connectivity index (χ3n) is 3.11. The lowest BCUT2D eigenvalue weighted by molar-refractivity contribution is -0.120. The number of amides is 1. The van der Waals surface area contributed by atoms with Crippen LogP contribution in [-0.4, -0.2) is 30.6 Å². The second-order valence-corrected chi connectivity index (χ2v) is 4.03. The molecule has 0 aromatic carbocycles. The Morgan fingerprint density at radius 2 is 1.92 bits per heavy atom. The van der Waals surface area contributed by atoms with E-state index in [9.17, 15) is 4.79 Å². The van der Waals surface area contributed by atoms with Gasteiger partial charge in [-0.15, -0.1) is 0 Å². The van der Waals surface area contributed by atoms with Gasteiger partial charge in [-0.1, -0.05) is 12.8 Å². The molecular weight excluding hydrogens is 166 g/mol. The number of rotatable bonds is 1. The minimum Gasteiger partial charge on any atom is -0.368 e. The maximum Gasteiger partial charge on any atom is 0.235 e. The zero-order chi connectivity index (χ0) is 9.26. The van der Waals surface area contributed by atoms with Crippen molar-refractivity contribution in [1.82, 2.24) is 10.6 Å². The van der Waals surface area contributed by atoms with Gasteiger partial charge < -0.3 is 16.4 Å². The quantitative estimate of drug-likeness (QED) is 0.506. The third-order valence-corrected chi connectivity index (χ3v) is 3.11. The Hall–Kier alpha value is -0.610. The first-order valence-electron chi connectivity index (χ1n) is 5.06. The van der Waals surface area contributed by atoms with Crippen LogP contribution in [0, 0.1) is 0 Å². The van der Waals surface area contributed by atoms with Crippen molar-refractivity contribution in [1.29, 1.82) is 0 Å². The molecule has 1 saturated carbocycles. The summed E-state index contributed by atoms with van der Waals surface area (Å²) in [6, 6.07) is 0.851. The molecule has 2 aliphatic rings. The predicted octanol–water partition coefficient (Wildman–Crippen LogP) is -0.656. The topological polar surface area (TPSA) is 67.2 Å². The van der Waals surface area contributed by atoms with E-state index in [-0.39, 0.29) is 11.9 Å². The number of hydrogen-bond acceptors (Lipinski definition) is 3. The van der Waals surface area contributed by atoms with Crippen molar-refractivity contribution < 1.29 is 4.79 Å². The van der Waals surface area contributed by atoms with Crippen LogP contribution < -0.4 is 16.4 Å². The molecule has 2 fully saturated rings. The number of piperazine rings is 1. The van der Waals surface area contributed by atoms with E-state index >= 15 is 0 Å². The minimum atomic E-state index is -0.239. The van der Waals surface area contributed by atoms with Gasteiger partial charge in [0.2, 0.25) is 5.91 Å². The predicted molar refractivity (Wildman–Crippen MR) is 50.2 cm³/mol. The molecule has 4 nitrogen and oxygen atoms in total. The number of nitrogens with one attached hydrogen (secondary N) is 2. The van der Waals surface area contributed by atoms with Crippen LogP contribution in [0.5, 0.6) is 0 Å². The second-order valence-electron chi connectivity index (χ2n) is 4.03. The third kappa shape index (κ3) is 1.84. The molecular formula is C9H17N3O. The number of primary amides is 1. The normalized spacial score (nSPS) is 39.5. The van der Waals surface area contributed by atoms with E-state index in [0.717, 1.165) is 0 Å². The first-order chi connectivity index (χ1) is 6.27. The highest BCUT2D eigenvalue weighted by molar-refractivity contribution is 5.80. The van der Waals surface area contributed by atoms with E-state index < -0.39 is 0 Å². The second kappa shape index (κ2) is 3.64. The van der Waals surface area contributed by atoms with Gasteiger partial charge in [0.25, 0.3) is 0 Å². The molecule has 1 saturated heterocycles. The van der Waals surface area contributed by atoms with E-state index in [4.69, 9.17) is 5.73 Å².